The van der Waals surface area contributed by atoms with Crippen molar-refractivity contribution < 1.29 is 0 Å². The van der Waals surface area contributed by atoms with Crippen molar-refractivity contribution in [1.29, 1.82) is 0 Å². The molecule has 1 aromatic heterocycles. The average molecular weight is 304 g/mol. The molecule has 1 unspecified atom stereocenters. The molecule has 100 valence electrons. The summed E-state index contributed by atoms with van der Waals surface area (Å²) in [4.78, 5) is 0. The van der Waals surface area contributed by atoms with E-state index in [4.69, 9.17) is 23.2 Å². The highest BCUT2D eigenvalue weighted by Gasteiger charge is 2.20. The van der Waals surface area contributed by atoms with Crippen molar-refractivity contribution in [3.8, 4) is 0 Å². The molecular formula is C14H19Cl2NS. The summed E-state index contributed by atoms with van der Waals surface area (Å²) >= 11 is 13.8. The van der Waals surface area contributed by atoms with Crippen molar-refractivity contribution in [2.45, 2.75) is 44.6 Å². The summed E-state index contributed by atoms with van der Waals surface area (Å²) in [6.45, 7) is 0. The lowest BCUT2D eigenvalue weighted by Gasteiger charge is -2.21. The Labute approximate surface area is 123 Å². The van der Waals surface area contributed by atoms with Gasteiger partial charge < -0.3 is 5.32 Å². The van der Waals surface area contributed by atoms with Gasteiger partial charge in [-0.2, -0.15) is 0 Å². The molecule has 1 atom stereocenters. The van der Waals surface area contributed by atoms with Gasteiger partial charge in [-0.1, -0.05) is 47.7 Å². The van der Waals surface area contributed by atoms with E-state index in [9.17, 15) is 0 Å². The molecule has 1 heterocycles. The summed E-state index contributed by atoms with van der Waals surface area (Å²) in [6.07, 6.45) is 10.0. The summed E-state index contributed by atoms with van der Waals surface area (Å²) in [5, 5.41) is 3.39. The van der Waals surface area contributed by atoms with E-state index < -0.39 is 0 Å². The largest absolute Gasteiger partial charge is 0.310 e. The first-order valence-electron chi connectivity index (χ1n) is 6.53. The van der Waals surface area contributed by atoms with Gasteiger partial charge in [0.05, 0.1) is 14.7 Å². The fraction of sp³-hybridized carbons (Fsp3) is 0.571. The van der Waals surface area contributed by atoms with Crippen molar-refractivity contribution in [3.63, 3.8) is 0 Å². The summed E-state index contributed by atoms with van der Waals surface area (Å²) in [5.74, 6) is 0. The van der Waals surface area contributed by atoms with E-state index in [1.165, 1.54) is 49.0 Å². The first kappa shape index (κ1) is 14.4. The molecule has 4 heteroatoms. The highest BCUT2D eigenvalue weighted by atomic mass is 35.5. The van der Waals surface area contributed by atoms with Crippen molar-refractivity contribution >= 4 is 34.5 Å². The van der Waals surface area contributed by atoms with Gasteiger partial charge in [0.15, 0.2) is 0 Å². The average Bonchev–Trinajstić information content (AvgIpc) is 2.62. The third kappa shape index (κ3) is 3.51. The first-order valence-corrected chi connectivity index (χ1v) is 8.10. The highest BCUT2D eigenvalue weighted by Crippen LogP contribution is 2.39. The molecule has 0 amide bonds. The lowest BCUT2D eigenvalue weighted by atomic mass is 9.92. The number of halogens is 2. The molecule has 1 aliphatic carbocycles. The Morgan fingerprint density at radius 2 is 2.00 bits per heavy atom. The van der Waals surface area contributed by atoms with Gasteiger partial charge >= 0.3 is 0 Å². The zero-order valence-corrected chi connectivity index (χ0v) is 13.0. The monoisotopic (exact) mass is 303 g/mol. The first-order chi connectivity index (χ1) is 8.72. The lowest BCUT2D eigenvalue weighted by molar-refractivity contribution is 0.574. The van der Waals surface area contributed by atoms with Crippen LogP contribution in [0.3, 0.4) is 0 Å². The predicted octanol–water partition coefficient (Wildman–Crippen LogP) is 5.60. The molecule has 1 N–H and O–H groups in total. The Balaban J connectivity index is 2.23. The number of thiophene rings is 1. The fourth-order valence-electron chi connectivity index (χ4n) is 2.57. The van der Waals surface area contributed by atoms with Gasteiger partial charge in [-0.05, 0) is 38.8 Å². The maximum Gasteiger partial charge on any atom is 0.0995 e. The number of hydrogen-bond donors (Lipinski definition) is 1. The minimum atomic E-state index is 0.222. The van der Waals surface area contributed by atoms with Gasteiger partial charge in [-0.15, -0.1) is 11.3 Å². The highest BCUT2D eigenvalue weighted by molar-refractivity contribution is 7.20. The molecule has 1 nitrogen and oxygen atoms in total. The molecule has 0 fully saturated rings. The summed E-state index contributed by atoms with van der Waals surface area (Å²) in [6, 6.07) is 2.22. The van der Waals surface area contributed by atoms with Gasteiger partial charge in [0.25, 0.3) is 0 Å². The summed E-state index contributed by atoms with van der Waals surface area (Å²) in [7, 11) is 1.99. The molecule has 0 spiro atoms. The number of likely N-dealkylation sites (N-methyl/N-ethyl adjacent to an activating group) is 1. The SMILES string of the molecule is CNC(/C1=C/CCCCCC1)c1cc(Cl)sc1Cl. The summed E-state index contributed by atoms with van der Waals surface area (Å²) < 4.78 is 1.57. The molecule has 0 aliphatic heterocycles. The van der Waals surface area contributed by atoms with Gasteiger partial charge in [-0.25, -0.2) is 0 Å². The van der Waals surface area contributed by atoms with Crippen LogP contribution < -0.4 is 5.32 Å². The second-order valence-corrected chi connectivity index (χ2v) is 7.02. The molecular weight excluding hydrogens is 285 g/mol. The number of hydrogen-bond acceptors (Lipinski definition) is 2. The van der Waals surface area contributed by atoms with Crippen molar-refractivity contribution in [2.24, 2.45) is 0 Å². The molecule has 18 heavy (non-hydrogen) atoms. The Bertz CT molecular complexity index is 425. The Hall–Kier alpha value is -0.0200. The third-order valence-corrected chi connectivity index (χ3v) is 5.00. The Kier molecular flexibility index (Phi) is 5.56. The van der Waals surface area contributed by atoms with E-state index in [1.54, 1.807) is 0 Å². The standard InChI is InChI=1S/C14H19Cl2NS/c1-17-13(11-9-12(15)18-14(11)16)10-7-5-3-2-4-6-8-10/h7,9,13,17H,2-6,8H2,1H3/b10-7+. The smallest absolute Gasteiger partial charge is 0.0995 e. The second kappa shape index (κ2) is 6.95. The van der Waals surface area contributed by atoms with Crippen LogP contribution in [-0.4, -0.2) is 7.05 Å². The molecule has 0 saturated heterocycles. The van der Waals surface area contributed by atoms with E-state index >= 15 is 0 Å². The van der Waals surface area contributed by atoms with Crippen LogP contribution in [0.5, 0.6) is 0 Å². The topological polar surface area (TPSA) is 12.0 Å². The molecule has 1 aromatic rings. The Morgan fingerprint density at radius 3 is 2.67 bits per heavy atom. The maximum atomic E-state index is 6.28. The van der Waals surface area contributed by atoms with Crippen LogP contribution in [0.4, 0.5) is 0 Å². The van der Waals surface area contributed by atoms with Gasteiger partial charge in [0.2, 0.25) is 0 Å². The minimum Gasteiger partial charge on any atom is -0.310 e. The minimum absolute atomic E-state index is 0.222. The van der Waals surface area contributed by atoms with Crippen LogP contribution in [0.1, 0.15) is 50.1 Å². The number of allylic oxidation sites excluding steroid dienone is 1. The van der Waals surface area contributed by atoms with Crippen LogP contribution in [-0.2, 0) is 0 Å². The van der Waals surface area contributed by atoms with Crippen LogP contribution in [0.15, 0.2) is 17.7 Å². The van der Waals surface area contributed by atoms with Crippen molar-refractivity contribution in [1.82, 2.24) is 5.32 Å². The third-order valence-electron chi connectivity index (χ3n) is 3.48. The van der Waals surface area contributed by atoms with Crippen molar-refractivity contribution in [2.75, 3.05) is 7.05 Å². The lowest BCUT2D eigenvalue weighted by Crippen LogP contribution is -2.19. The zero-order valence-electron chi connectivity index (χ0n) is 10.6. The van der Waals surface area contributed by atoms with E-state index in [0.717, 1.165) is 20.7 Å². The normalized spacial score (nSPS) is 21.8. The number of rotatable bonds is 3. The van der Waals surface area contributed by atoms with Crippen LogP contribution >= 0.6 is 34.5 Å². The van der Waals surface area contributed by atoms with E-state index in [2.05, 4.69) is 11.4 Å². The van der Waals surface area contributed by atoms with Gasteiger partial charge in [0.1, 0.15) is 0 Å². The molecule has 2 rings (SSSR count). The van der Waals surface area contributed by atoms with E-state index in [1.807, 2.05) is 13.1 Å². The van der Waals surface area contributed by atoms with E-state index in [-0.39, 0.29) is 6.04 Å². The molecule has 0 radical (unpaired) electrons. The quantitative estimate of drug-likeness (QED) is 0.717. The van der Waals surface area contributed by atoms with Crippen LogP contribution in [0.25, 0.3) is 0 Å². The zero-order chi connectivity index (χ0) is 13.0. The molecule has 0 saturated carbocycles. The summed E-state index contributed by atoms with van der Waals surface area (Å²) in [5.41, 5.74) is 2.59. The molecule has 0 bridgehead atoms. The molecule has 0 aromatic carbocycles. The van der Waals surface area contributed by atoms with Crippen molar-refractivity contribution in [3.05, 3.63) is 32.0 Å². The Morgan fingerprint density at radius 1 is 1.22 bits per heavy atom. The van der Waals surface area contributed by atoms with Crippen LogP contribution in [0, 0.1) is 0 Å². The van der Waals surface area contributed by atoms with Gasteiger partial charge in [-0.3, -0.25) is 0 Å². The molecule has 1 aliphatic rings. The van der Waals surface area contributed by atoms with Crippen LogP contribution in [0.2, 0.25) is 8.67 Å². The van der Waals surface area contributed by atoms with E-state index in [0.29, 0.717) is 0 Å². The van der Waals surface area contributed by atoms with Gasteiger partial charge in [0, 0.05) is 5.56 Å². The predicted molar refractivity (Wildman–Crippen MR) is 81.9 cm³/mol. The fourth-order valence-corrected chi connectivity index (χ4v) is 4.10. The maximum absolute atomic E-state index is 6.28. The number of nitrogens with one attached hydrogen (secondary N) is 1. The second-order valence-electron chi connectivity index (χ2n) is 4.73.